The van der Waals surface area contributed by atoms with Gasteiger partial charge in [0.1, 0.15) is 0 Å². The summed E-state index contributed by atoms with van der Waals surface area (Å²) < 4.78 is 0. The first-order valence-corrected chi connectivity index (χ1v) is 10.3. The van der Waals surface area contributed by atoms with Crippen molar-refractivity contribution in [2.24, 2.45) is 11.8 Å². The Balaban J connectivity index is 1.47. The third kappa shape index (κ3) is 5.08. The van der Waals surface area contributed by atoms with Crippen molar-refractivity contribution in [3.05, 3.63) is 35.9 Å². The minimum absolute atomic E-state index is 0.281. The number of amides is 1. The zero-order valence-corrected chi connectivity index (χ0v) is 16.7. The Morgan fingerprint density at radius 1 is 1.27 bits per heavy atom. The van der Waals surface area contributed by atoms with Crippen LogP contribution in [0, 0.1) is 11.8 Å². The number of nitrogens with one attached hydrogen (secondary N) is 1. The lowest BCUT2D eigenvalue weighted by molar-refractivity contribution is -0.131. The maximum atomic E-state index is 12.2. The highest BCUT2D eigenvalue weighted by molar-refractivity contribution is 5.76. The predicted octanol–water partition coefficient (Wildman–Crippen LogP) is 3.13. The van der Waals surface area contributed by atoms with Crippen LogP contribution in [0.15, 0.2) is 30.3 Å². The summed E-state index contributed by atoms with van der Waals surface area (Å²) in [5.41, 5.74) is 1.42. The molecule has 26 heavy (non-hydrogen) atoms. The fourth-order valence-electron chi connectivity index (χ4n) is 4.52. The number of likely N-dealkylation sites (tertiary alicyclic amines) is 1. The summed E-state index contributed by atoms with van der Waals surface area (Å²) in [5, 5.41) is 3.78. The smallest absolute Gasteiger partial charge is 0.222 e. The van der Waals surface area contributed by atoms with E-state index in [-0.39, 0.29) is 5.91 Å². The van der Waals surface area contributed by atoms with E-state index >= 15 is 0 Å². The highest BCUT2D eigenvalue weighted by atomic mass is 16.2. The molecule has 0 saturated carbocycles. The summed E-state index contributed by atoms with van der Waals surface area (Å²) in [7, 11) is 1.92. The van der Waals surface area contributed by atoms with Crippen LogP contribution in [0.1, 0.15) is 45.1 Å². The molecule has 4 heteroatoms. The molecule has 4 nitrogen and oxygen atoms in total. The van der Waals surface area contributed by atoms with E-state index in [4.69, 9.17) is 0 Å². The van der Waals surface area contributed by atoms with Crippen molar-refractivity contribution >= 4 is 5.91 Å². The van der Waals surface area contributed by atoms with E-state index in [1.54, 1.807) is 0 Å². The Morgan fingerprint density at radius 3 is 2.77 bits per heavy atom. The molecule has 3 rings (SSSR count). The lowest BCUT2D eigenvalue weighted by Gasteiger charge is -2.46. The average Bonchev–Trinajstić information content (AvgIpc) is 2.63. The molecule has 2 aliphatic heterocycles. The first kappa shape index (κ1) is 19.4. The molecule has 2 bridgehead atoms. The summed E-state index contributed by atoms with van der Waals surface area (Å²) in [6.07, 6.45) is 4.14. The maximum Gasteiger partial charge on any atom is 0.222 e. The van der Waals surface area contributed by atoms with Gasteiger partial charge in [-0.1, -0.05) is 30.3 Å². The van der Waals surface area contributed by atoms with Crippen LogP contribution in [-0.4, -0.2) is 54.5 Å². The van der Waals surface area contributed by atoms with Crippen molar-refractivity contribution in [3.8, 4) is 0 Å². The van der Waals surface area contributed by atoms with Crippen molar-refractivity contribution < 1.29 is 4.79 Å². The third-order valence-electron chi connectivity index (χ3n) is 6.21. The third-order valence-corrected chi connectivity index (χ3v) is 6.21. The topological polar surface area (TPSA) is 35.6 Å². The van der Waals surface area contributed by atoms with Gasteiger partial charge in [0.15, 0.2) is 0 Å². The number of carbonyl (C=O) groups excluding carboxylic acids is 1. The number of carbonyl (C=O) groups is 1. The van der Waals surface area contributed by atoms with E-state index in [1.165, 1.54) is 25.1 Å². The molecule has 0 aliphatic carbocycles. The maximum absolute atomic E-state index is 12.2. The van der Waals surface area contributed by atoms with Gasteiger partial charge < -0.3 is 10.2 Å². The van der Waals surface area contributed by atoms with Crippen molar-refractivity contribution in [2.45, 2.75) is 58.2 Å². The zero-order valence-electron chi connectivity index (χ0n) is 16.7. The van der Waals surface area contributed by atoms with Gasteiger partial charge in [0.05, 0.1) is 0 Å². The summed E-state index contributed by atoms with van der Waals surface area (Å²) in [6.45, 7) is 8.74. The number of benzene rings is 1. The molecule has 3 atom stereocenters. The van der Waals surface area contributed by atoms with Crippen LogP contribution >= 0.6 is 0 Å². The Bertz CT molecular complexity index is 574. The first-order chi connectivity index (χ1) is 12.5. The summed E-state index contributed by atoms with van der Waals surface area (Å²) in [6, 6.07) is 11.7. The molecule has 0 unspecified atom stereocenters. The molecule has 2 fully saturated rings. The van der Waals surface area contributed by atoms with E-state index in [0.717, 1.165) is 37.8 Å². The second kappa shape index (κ2) is 9.01. The molecule has 1 aromatic rings. The van der Waals surface area contributed by atoms with Crippen LogP contribution in [0.2, 0.25) is 0 Å². The first-order valence-electron chi connectivity index (χ1n) is 10.3. The monoisotopic (exact) mass is 357 g/mol. The van der Waals surface area contributed by atoms with Crippen LogP contribution in [-0.2, 0) is 11.3 Å². The lowest BCUT2D eigenvalue weighted by atomic mass is 9.79. The quantitative estimate of drug-likeness (QED) is 0.814. The van der Waals surface area contributed by atoms with Gasteiger partial charge in [0, 0.05) is 45.2 Å². The molecular weight excluding hydrogens is 322 g/mol. The van der Waals surface area contributed by atoms with Crippen LogP contribution in [0.25, 0.3) is 0 Å². The van der Waals surface area contributed by atoms with Crippen LogP contribution in [0.5, 0.6) is 0 Å². The lowest BCUT2D eigenvalue weighted by Crippen LogP contribution is -2.55. The molecule has 0 radical (unpaired) electrons. The van der Waals surface area contributed by atoms with E-state index in [0.29, 0.717) is 18.5 Å². The fraction of sp³-hybridized carbons (Fsp3) is 0.682. The Kier molecular flexibility index (Phi) is 6.71. The molecule has 1 aromatic carbocycles. The molecule has 1 amide bonds. The average molecular weight is 358 g/mol. The molecule has 2 aliphatic rings. The predicted molar refractivity (Wildman–Crippen MR) is 107 cm³/mol. The van der Waals surface area contributed by atoms with Crippen molar-refractivity contribution in [2.75, 3.05) is 26.7 Å². The van der Waals surface area contributed by atoms with Crippen LogP contribution < -0.4 is 5.32 Å². The highest BCUT2D eigenvalue weighted by Gasteiger charge is 2.36. The largest absolute Gasteiger partial charge is 0.343 e. The number of nitrogens with zero attached hydrogens (tertiary/aromatic N) is 2. The SMILES string of the molecule is CC(C)N(C)C(=O)CCC[C@H]1NC[C@@H]2C[C@@H]1CN(Cc1ccccc1)C2. The van der Waals surface area contributed by atoms with E-state index < -0.39 is 0 Å². The summed E-state index contributed by atoms with van der Waals surface area (Å²) in [5.74, 6) is 1.79. The van der Waals surface area contributed by atoms with Gasteiger partial charge >= 0.3 is 0 Å². The van der Waals surface area contributed by atoms with Crippen molar-refractivity contribution in [1.82, 2.24) is 15.1 Å². The molecule has 144 valence electrons. The minimum Gasteiger partial charge on any atom is -0.343 e. The normalized spacial score (nSPS) is 26.1. The van der Waals surface area contributed by atoms with Gasteiger partial charge in [-0.05, 0) is 57.1 Å². The second-order valence-corrected chi connectivity index (χ2v) is 8.55. The molecule has 2 saturated heterocycles. The van der Waals surface area contributed by atoms with Crippen LogP contribution in [0.4, 0.5) is 0 Å². The standard InChI is InChI=1S/C22H35N3O/c1-17(2)24(3)22(26)11-7-10-21-20-12-19(13-23-21)15-25(16-20)14-18-8-5-4-6-9-18/h4-6,8-9,17,19-21,23H,7,10-16H2,1-3H3/t19-,20+,21+/m0/s1. The molecule has 2 heterocycles. The Hall–Kier alpha value is -1.39. The minimum atomic E-state index is 0.281. The van der Waals surface area contributed by atoms with Gasteiger partial charge in [0.25, 0.3) is 0 Å². The van der Waals surface area contributed by atoms with Gasteiger partial charge in [-0.15, -0.1) is 0 Å². The number of piperidine rings is 2. The van der Waals surface area contributed by atoms with Crippen molar-refractivity contribution in [1.29, 1.82) is 0 Å². The summed E-state index contributed by atoms with van der Waals surface area (Å²) >= 11 is 0. The molecule has 1 N–H and O–H groups in total. The van der Waals surface area contributed by atoms with Crippen LogP contribution in [0.3, 0.4) is 0 Å². The van der Waals surface area contributed by atoms with Crippen molar-refractivity contribution in [3.63, 3.8) is 0 Å². The Labute approximate surface area is 158 Å². The van der Waals surface area contributed by atoms with Gasteiger partial charge in [-0.3, -0.25) is 9.69 Å². The zero-order chi connectivity index (χ0) is 18.5. The molecular formula is C22H35N3O. The van der Waals surface area contributed by atoms with E-state index in [1.807, 2.05) is 11.9 Å². The van der Waals surface area contributed by atoms with Gasteiger partial charge in [-0.2, -0.15) is 0 Å². The number of fused-ring (bicyclic) bond motifs is 2. The number of hydrogen-bond acceptors (Lipinski definition) is 3. The second-order valence-electron chi connectivity index (χ2n) is 8.55. The molecule has 0 aromatic heterocycles. The van der Waals surface area contributed by atoms with E-state index in [2.05, 4.69) is 54.4 Å². The number of rotatable bonds is 7. The summed E-state index contributed by atoms with van der Waals surface area (Å²) in [4.78, 5) is 16.7. The Morgan fingerprint density at radius 2 is 2.04 bits per heavy atom. The highest BCUT2D eigenvalue weighted by Crippen LogP contribution is 2.31. The van der Waals surface area contributed by atoms with E-state index in [9.17, 15) is 4.79 Å². The fourth-order valence-corrected chi connectivity index (χ4v) is 4.52. The van der Waals surface area contributed by atoms with Gasteiger partial charge in [-0.25, -0.2) is 0 Å². The number of hydrogen-bond donors (Lipinski definition) is 1. The van der Waals surface area contributed by atoms with Gasteiger partial charge in [0.2, 0.25) is 5.91 Å². The molecule has 0 spiro atoms.